The van der Waals surface area contributed by atoms with E-state index in [1.54, 1.807) is 18.2 Å². The second-order valence-corrected chi connectivity index (χ2v) is 6.53. The van der Waals surface area contributed by atoms with Crippen LogP contribution in [0.5, 0.6) is 11.5 Å². The molecule has 0 bridgehead atoms. The van der Waals surface area contributed by atoms with Crippen molar-refractivity contribution in [1.82, 2.24) is 0 Å². The van der Waals surface area contributed by atoms with E-state index in [0.717, 1.165) is 12.0 Å². The molecule has 1 atom stereocenters. The van der Waals surface area contributed by atoms with E-state index in [1.165, 1.54) is 0 Å². The molecule has 0 N–H and O–H groups in total. The summed E-state index contributed by atoms with van der Waals surface area (Å²) < 4.78 is 50.3. The Balaban J connectivity index is 1.77. The Morgan fingerprint density at radius 3 is 2.44 bits per heavy atom. The van der Waals surface area contributed by atoms with Crippen LogP contribution in [0.15, 0.2) is 48.5 Å². The summed E-state index contributed by atoms with van der Waals surface area (Å²) >= 11 is 0. The minimum absolute atomic E-state index is 0.0910. The average Bonchev–Trinajstić information content (AvgIpc) is 2.66. The van der Waals surface area contributed by atoms with Crippen molar-refractivity contribution in [2.45, 2.75) is 51.8 Å². The van der Waals surface area contributed by atoms with Gasteiger partial charge in [-0.25, -0.2) is 0 Å². The van der Waals surface area contributed by atoms with Crippen LogP contribution in [-0.4, -0.2) is 12.8 Å². The highest BCUT2D eigenvalue weighted by Crippen LogP contribution is 2.33. The van der Waals surface area contributed by atoms with Crippen molar-refractivity contribution in [3.05, 3.63) is 60.2 Å². The Bertz CT molecular complexity index is 656. The summed E-state index contributed by atoms with van der Waals surface area (Å²) in [7, 11) is 0. The van der Waals surface area contributed by atoms with Gasteiger partial charge in [0.15, 0.2) is 0 Å². The predicted molar refractivity (Wildman–Crippen MR) is 99.9 cm³/mol. The molecule has 0 aliphatic carbocycles. The van der Waals surface area contributed by atoms with E-state index in [9.17, 15) is 13.2 Å². The first-order valence-electron chi connectivity index (χ1n) is 9.37. The zero-order chi connectivity index (χ0) is 19.5. The second-order valence-electron chi connectivity index (χ2n) is 6.53. The van der Waals surface area contributed by atoms with Crippen molar-refractivity contribution in [3.63, 3.8) is 0 Å². The van der Waals surface area contributed by atoms with Gasteiger partial charge in [0.1, 0.15) is 18.1 Å². The predicted octanol–water partition coefficient (Wildman–Crippen LogP) is 6.59. The minimum atomic E-state index is -4.13. The highest BCUT2D eigenvalue weighted by Gasteiger charge is 2.38. The van der Waals surface area contributed by atoms with Crippen LogP contribution in [0.25, 0.3) is 0 Å². The Labute approximate surface area is 159 Å². The molecule has 0 amide bonds. The molecule has 147 valence electrons. The number of ether oxygens (including phenoxy) is 2. The van der Waals surface area contributed by atoms with Crippen LogP contribution in [0.2, 0.25) is 0 Å². The summed E-state index contributed by atoms with van der Waals surface area (Å²) in [6.07, 6.45) is -2.13. The van der Waals surface area contributed by atoms with Gasteiger partial charge in [-0.1, -0.05) is 50.1 Å². The molecular weight excluding hydrogens is 353 g/mol. The Kier molecular flexibility index (Phi) is 8.49. The standard InChI is InChI=1S/C22H26F3O2/c1-2-3-11-19(22(23,24)25)12-8-15-26-20-13-7-14-21(16-20)27-17-18-9-5-4-6-10-18/h4-7,9-10,14,16,19H,2-3,8,11-12,15,17H2,1H3. The lowest BCUT2D eigenvalue weighted by atomic mass is 9.96. The molecule has 0 aromatic heterocycles. The topological polar surface area (TPSA) is 18.5 Å². The average molecular weight is 379 g/mol. The Hall–Kier alpha value is -2.17. The number of halogens is 3. The fourth-order valence-corrected chi connectivity index (χ4v) is 2.77. The first kappa shape index (κ1) is 21.1. The summed E-state index contributed by atoms with van der Waals surface area (Å²) in [6, 6.07) is 17.9. The van der Waals surface area contributed by atoms with Gasteiger partial charge in [-0.2, -0.15) is 13.2 Å². The van der Waals surface area contributed by atoms with E-state index in [0.29, 0.717) is 30.9 Å². The summed E-state index contributed by atoms with van der Waals surface area (Å²) in [6.45, 7) is 2.57. The van der Waals surface area contributed by atoms with E-state index in [2.05, 4.69) is 6.07 Å². The minimum Gasteiger partial charge on any atom is -0.493 e. The lowest BCUT2D eigenvalue weighted by molar-refractivity contribution is -0.178. The quantitative estimate of drug-likeness (QED) is 0.410. The monoisotopic (exact) mass is 379 g/mol. The van der Waals surface area contributed by atoms with Crippen LogP contribution in [0.1, 0.15) is 44.6 Å². The molecule has 2 rings (SSSR count). The number of hydrogen-bond acceptors (Lipinski definition) is 2. The van der Waals surface area contributed by atoms with Crippen molar-refractivity contribution in [1.29, 1.82) is 0 Å². The van der Waals surface area contributed by atoms with Gasteiger partial charge >= 0.3 is 6.18 Å². The highest BCUT2D eigenvalue weighted by molar-refractivity contribution is 5.32. The number of unbranched alkanes of at least 4 members (excludes halogenated alkanes) is 1. The summed E-state index contributed by atoms with van der Waals surface area (Å²) in [5.41, 5.74) is 1.05. The largest absolute Gasteiger partial charge is 0.493 e. The molecule has 27 heavy (non-hydrogen) atoms. The van der Waals surface area contributed by atoms with Gasteiger partial charge < -0.3 is 9.47 Å². The first-order valence-corrected chi connectivity index (χ1v) is 9.37. The third-order valence-corrected chi connectivity index (χ3v) is 4.32. The van der Waals surface area contributed by atoms with Crippen LogP contribution in [-0.2, 0) is 6.61 Å². The lowest BCUT2D eigenvalue weighted by Gasteiger charge is -2.20. The fourth-order valence-electron chi connectivity index (χ4n) is 2.77. The van der Waals surface area contributed by atoms with Gasteiger partial charge in [0.05, 0.1) is 12.5 Å². The van der Waals surface area contributed by atoms with Gasteiger partial charge in [0, 0.05) is 12.1 Å². The van der Waals surface area contributed by atoms with E-state index in [1.807, 2.05) is 37.3 Å². The van der Waals surface area contributed by atoms with Crippen LogP contribution in [0, 0.1) is 12.0 Å². The zero-order valence-corrected chi connectivity index (χ0v) is 15.6. The maximum atomic E-state index is 13.0. The van der Waals surface area contributed by atoms with Crippen molar-refractivity contribution in [2.24, 2.45) is 5.92 Å². The smallest absolute Gasteiger partial charge is 0.391 e. The van der Waals surface area contributed by atoms with E-state index >= 15 is 0 Å². The molecule has 2 aromatic carbocycles. The second kappa shape index (κ2) is 10.9. The molecule has 0 saturated carbocycles. The van der Waals surface area contributed by atoms with Crippen molar-refractivity contribution >= 4 is 0 Å². The molecule has 0 aliphatic heterocycles. The molecule has 0 fully saturated rings. The fraction of sp³-hybridized carbons (Fsp3) is 0.455. The van der Waals surface area contributed by atoms with Crippen LogP contribution >= 0.6 is 0 Å². The van der Waals surface area contributed by atoms with Gasteiger partial charge in [-0.05, 0) is 37.0 Å². The molecule has 1 unspecified atom stereocenters. The molecule has 0 saturated heterocycles. The molecule has 5 heteroatoms. The van der Waals surface area contributed by atoms with Gasteiger partial charge in [0.2, 0.25) is 0 Å². The highest BCUT2D eigenvalue weighted by atomic mass is 19.4. The van der Waals surface area contributed by atoms with Gasteiger partial charge in [0.25, 0.3) is 0 Å². The first-order chi connectivity index (χ1) is 13.0. The van der Waals surface area contributed by atoms with Crippen LogP contribution < -0.4 is 9.47 Å². The molecule has 0 aliphatic rings. The third-order valence-electron chi connectivity index (χ3n) is 4.32. The normalized spacial score (nSPS) is 12.6. The number of alkyl halides is 3. The number of hydrogen-bond donors (Lipinski definition) is 0. The third kappa shape index (κ3) is 7.94. The van der Waals surface area contributed by atoms with Crippen molar-refractivity contribution < 1.29 is 22.6 Å². The Morgan fingerprint density at radius 2 is 1.74 bits per heavy atom. The molecule has 1 radical (unpaired) electrons. The summed E-state index contributed by atoms with van der Waals surface area (Å²) in [4.78, 5) is 0. The summed E-state index contributed by atoms with van der Waals surface area (Å²) in [5, 5.41) is 0. The Morgan fingerprint density at radius 1 is 1.00 bits per heavy atom. The number of rotatable bonds is 11. The molecule has 2 nitrogen and oxygen atoms in total. The molecule has 0 spiro atoms. The SMILES string of the molecule is CCCCC(CCCOc1[c]ccc(OCc2ccccc2)c1)C(F)(F)F. The van der Waals surface area contributed by atoms with Crippen molar-refractivity contribution in [2.75, 3.05) is 6.61 Å². The zero-order valence-electron chi connectivity index (χ0n) is 15.6. The van der Waals surface area contributed by atoms with Gasteiger partial charge in [-0.15, -0.1) is 0 Å². The molecule has 2 aromatic rings. The molecular formula is C22H26F3O2. The van der Waals surface area contributed by atoms with E-state index in [4.69, 9.17) is 9.47 Å². The maximum absolute atomic E-state index is 13.0. The maximum Gasteiger partial charge on any atom is 0.391 e. The molecule has 0 heterocycles. The van der Waals surface area contributed by atoms with Crippen LogP contribution in [0.4, 0.5) is 13.2 Å². The van der Waals surface area contributed by atoms with E-state index < -0.39 is 12.1 Å². The number of benzene rings is 2. The van der Waals surface area contributed by atoms with Crippen LogP contribution in [0.3, 0.4) is 0 Å². The summed E-state index contributed by atoms with van der Waals surface area (Å²) in [5.74, 6) is -0.119. The van der Waals surface area contributed by atoms with Gasteiger partial charge in [-0.3, -0.25) is 0 Å². The lowest BCUT2D eigenvalue weighted by Crippen LogP contribution is -2.23. The van der Waals surface area contributed by atoms with E-state index in [-0.39, 0.29) is 19.4 Å². The van der Waals surface area contributed by atoms with Crippen molar-refractivity contribution in [3.8, 4) is 11.5 Å².